The quantitative estimate of drug-likeness (QED) is 0.250. The van der Waals surface area contributed by atoms with Crippen LogP contribution in [0.2, 0.25) is 0 Å². The van der Waals surface area contributed by atoms with Gasteiger partial charge in [0.1, 0.15) is 5.56 Å². The minimum absolute atomic E-state index is 0.111. The second-order valence-corrected chi connectivity index (χ2v) is 3.97. The lowest BCUT2D eigenvalue weighted by Crippen LogP contribution is -2.20. The zero-order valence-corrected chi connectivity index (χ0v) is 10.5. The van der Waals surface area contributed by atoms with Crippen molar-refractivity contribution in [2.75, 3.05) is 0 Å². The van der Waals surface area contributed by atoms with E-state index in [1.165, 1.54) is 0 Å². The molecule has 0 amide bonds. The second-order valence-electron chi connectivity index (χ2n) is 2.95. The van der Waals surface area contributed by atoms with Crippen LogP contribution in [0.5, 0.6) is 5.75 Å². The summed E-state index contributed by atoms with van der Waals surface area (Å²) in [5, 5.41) is 10.4. The third-order valence-corrected chi connectivity index (χ3v) is 2.45. The summed E-state index contributed by atoms with van der Waals surface area (Å²) >= 11 is 1.03. The summed E-state index contributed by atoms with van der Waals surface area (Å²) in [5.74, 6) is -3.07. The van der Waals surface area contributed by atoms with E-state index in [4.69, 9.17) is 0 Å². The van der Waals surface area contributed by atoms with E-state index in [9.17, 15) is 36.5 Å². The lowest BCUT2D eigenvalue weighted by Gasteiger charge is -2.11. The summed E-state index contributed by atoms with van der Waals surface area (Å²) in [6.07, 6.45) is -10.4. The highest BCUT2D eigenvalue weighted by molar-refractivity contribution is 14.1. The van der Waals surface area contributed by atoms with Crippen molar-refractivity contribution in [1.29, 1.82) is 0 Å². The van der Waals surface area contributed by atoms with Crippen LogP contribution in [-0.2, 0) is 6.18 Å². The number of nitrogens with zero attached hydrogens (tertiary/aromatic N) is 2. The van der Waals surface area contributed by atoms with Crippen molar-refractivity contribution < 1.29 is 36.0 Å². The van der Waals surface area contributed by atoms with Gasteiger partial charge in [0, 0.05) is 28.7 Å². The number of aromatic nitrogens is 1. The Morgan fingerprint density at radius 3 is 2.16 bits per heavy atom. The number of ether oxygens (including phenoxy) is 1. The van der Waals surface area contributed by atoms with E-state index in [1.54, 1.807) is 0 Å². The molecule has 1 aromatic rings. The molecule has 0 fully saturated rings. The molecule has 0 saturated carbocycles. The van der Waals surface area contributed by atoms with E-state index < -0.39 is 38.3 Å². The highest BCUT2D eigenvalue weighted by Gasteiger charge is 2.41. The first-order valence-corrected chi connectivity index (χ1v) is 5.17. The summed E-state index contributed by atoms with van der Waals surface area (Å²) in [4.78, 5) is 11.9. The summed E-state index contributed by atoms with van der Waals surface area (Å²) in [6, 6.07) is -0.111. The molecule has 0 unspecified atom stereocenters. The lowest BCUT2D eigenvalue weighted by atomic mass is 10.2. The van der Waals surface area contributed by atoms with Gasteiger partial charge in [0.05, 0.1) is 0 Å². The number of rotatable bonds is 2. The maximum absolute atomic E-state index is 12.4. The number of nitro groups is 1. The molecular formula is C7HF6IN2O3. The first kappa shape index (κ1) is 15.7. The molecule has 0 aliphatic heterocycles. The van der Waals surface area contributed by atoms with Gasteiger partial charge in [-0.3, -0.25) is 0 Å². The predicted molar refractivity (Wildman–Crippen MR) is 55.3 cm³/mol. The van der Waals surface area contributed by atoms with Gasteiger partial charge < -0.3 is 14.9 Å². The summed E-state index contributed by atoms with van der Waals surface area (Å²) in [6.45, 7) is 0. The van der Waals surface area contributed by atoms with Crippen molar-refractivity contribution in [2.24, 2.45) is 0 Å². The molecule has 5 nitrogen and oxygen atoms in total. The van der Waals surface area contributed by atoms with E-state index in [-0.39, 0.29) is 6.07 Å². The van der Waals surface area contributed by atoms with Crippen LogP contribution in [0.4, 0.5) is 32.2 Å². The Morgan fingerprint density at radius 2 is 1.79 bits per heavy atom. The third kappa shape index (κ3) is 4.07. The minimum atomic E-state index is -5.37. The van der Waals surface area contributed by atoms with Crippen LogP contribution in [-0.4, -0.2) is 16.3 Å². The topological polar surface area (TPSA) is 65.3 Å². The zero-order chi connectivity index (χ0) is 15.0. The Bertz CT molecular complexity index is 515. The molecule has 106 valence electrons. The van der Waals surface area contributed by atoms with Gasteiger partial charge in [-0.25, -0.2) is 0 Å². The van der Waals surface area contributed by atoms with Gasteiger partial charge in [0.15, 0.2) is 0 Å². The highest BCUT2D eigenvalue weighted by Crippen LogP contribution is 2.39. The van der Waals surface area contributed by atoms with Crippen molar-refractivity contribution in [3.05, 3.63) is 25.4 Å². The average Bonchev–Trinajstić information content (AvgIpc) is 2.15. The monoisotopic (exact) mass is 402 g/mol. The van der Waals surface area contributed by atoms with Crippen molar-refractivity contribution in [1.82, 2.24) is 4.98 Å². The molecule has 0 saturated heterocycles. The fourth-order valence-electron chi connectivity index (χ4n) is 0.993. The molecule has 0 radical (unpaired) electrons. The smallest absolute Gasteiger partial charge is 0.397 e. The van der Waals surface area contributed by atoms with E-state index >= 15 is 0 Å². The summed E-state index contributed by atoms with van der Waals surface area (Å²) in [7, 11) is 0. The number of hydrogen-bond acceptors (Lipinski definition) is 4. The molecule has 0 N–H and O–H groups in total. The van der Waals surface area contributed by atoms with E-state index in [1.807, 2.05) is 0 Å². The molecule has 0 bridgehead atoms. The Labute approximate surface area is 113 Å². The molecule has 19 heavy (non-hydrogen) atoms. The van der Waals surface area contributed by atoms with Gasteiger partial charge in [-0.1, -0.05) is 0 Å². The molecule has 0 aliphatic rings. The van der Waals surface area contributed by atoms with Gasteiger partial charge in [0.25, 0.3) is 0 Å². The molecule has 1 aromatic heterocycles. The standard InChI is InChI=1S/C7HF6IN2O3/c8-6(9,10)2-1-3(19-7(11,12)13)5(16(17)18)15-4(2)14/h1H. The molecule has 1 heterocycles. The van der Waals surface area contributed by atoms with E-state index in [0.717, 1.165) is 22.6 Å². The summed E-state index contributed by atoms with van der Waals surface area (Å²) < 4.78 is 75.5. The highest BCUT2D eigenvalue weighted by atomic mass is 127. The summed E-state index contributed by atoms with van der Waals surface area (Å²) in [5.41, 5.74) is -1.56. The normalized spacial score (nSPS) is 12.4. The van der Waals surface area contributed by atoms with Crippen LogP contribution in [0.1, 0.15) is 5.56 Å². The average molecular weight is 402 g/mol. The second kappa shape index (κ2) is 4.97. The molecule has 1 rings (SSSR count). The number of hydrogen-bond donors (Lipinski definition) is 0. The minimum Gasteiger partial charge on any atom is -0.397 e. The maximum Gasteiger partial charge on any atom is 0.573 e. The Kier molecular flexibility index (Phi) is 4.11. The fourth-order valence-corrected chi connectivity index (χ4v) is 1.68. The van der Waals surface area contributed by atoms with Crippen molar-refractivity contribution in [3.63, 3.8) is 0 Å². The van der Waals surface area contributed by atoms with Crippen LogP contribution in [0.15, 0.2) is 6.07 Å². The van der Waals surface area contributed by atoms with Gasteiger partial charge in [-0.05, 0) is 9.91 Å². The van der Waals surface area contributed by atoms with Gasteiger partial charge in [-0.2, -0.15) is 13.2 Å². The van der Waals surface area contributed by atoms with Crippen LogP contribution in [0, 0.1) is 13.8 Å². The van der Waals surface area contributed by atoms with E-state index in [2.05, 4.69) is 9.72 Å². The van der Waals surface area contributed by atoms with Crippen LogP contribution >= 0.6 is 22.6 Å². The Hall–Kier alpha value is -1.34. The SMILES string of the molecule is O=[N+]([O-])c1nc(I)c(C(F)(F)F)cc1OC(F)(F)F. The Morgan fingerprint density at radius 1 is 1.26 bits per heavy atom. The molecule has 12 heteroatoms. The fraction of sp³-hybridized carbons (Fsp3) is 0.286. The van der Waals surface area contributed by atoms with Crippen LogP contribution < -0.4 is 4.74 Å². The predicted octanol–water partition coefficient (Wildman–Crippen LogP) is 3.51. The largest absolute Gasteiger partial charge is 0.573 e. The lowest BCUT2D eigenvalue weighted by molar-refractivity contribution is -0.393. The number of pyridine rings is 1. The van der Waals surface area contributed by atoms with Gasteiger partial charge >= 0.3 is 18.4 Å². The molecule has 0 atom stereocenters. The van der Waals surface area contributed by atoms with Gasteiger partial charge in [0.2, 0.25) is 9.45 Å². The van der Waals surface area contributed by atoms with Crippen molar-refractivity contribution in [3.8, 4) is 5.75 Å². The molecule has 0 spiro atoms. The third-order valence-electron chi connectivity index (χ3n) is 1.63. The first-order chi connectivity index (χ1) is 8.42. The van der Waals surface area contributed by atoms with Crippen LogP contribution in [0.25, 0.3) is 0 Å². The number of alkyl halides is 6. The van der Waals surface area contributed by atoms with E-state index in [0.29, 0.717) is 0 Å². The zero-order valence-electron chi connectivity index (χ0n) is 8.34. The van der Waals surface area contributed by atoms with Gasteiger partial charge in [-0.15, -0.1) is 13.2 Å². The molecule has 0 aromatic carbocycles. The molecular weight excluding hydrogens is 401 g/mol. The van der Waals surface area contributed by atoms with Crippen molar-refractivity contribution in [2.45, 2.75) is 12.5 Å². The maximum atomic E-state index is 12.4. The number of halogens is 7. The van der Waals surface area contributed by atoms with Crippen LogP contribution in [0.3, 0.4) is 0 Å². The first-order valence-electron chi connectivity index (χ1n) is 4.09. The Balaban J connectivity index is 3.44. The van der Waals surface area contributed by atoms with Crippen molar-refractivity contribution >= 4 is 28.4 Å². The molecule has 0 aliphatic carbocycles.